The maximum Gasteiger partial charge on any atom is 0.508 e. The lowest BCUT2D eigenvalue weighted by Crippen LogP contribution is -2.47. The van der Waals surface area contributed by atoms with Crippen LogP contribution in [0.25, 0.3) is 0 Å². The van der Waals surface area contributed by atoms with Gasteiger partial charge in [-0.25, -0.2) is 4.79 Å². The quantitative estimate of drug-likeness (QED) is 0.0248. The molecule has 4 rings (SSSR count). The molecule has 14 nitrogen and oxygen atoms in total. The first-order valence-electron chi connectivity index (χ1n) is 26.0. The van der Waals surface area contributed by atoms with Crippen LogP contribution in [0, 0.1) is 28.6 Å². The number of nitrogens with zero attached hydrogens (tertiary/aromatic N) is 1. The van der Waals surface area contributed by atoms with Gasteiger partial charge in [-0.2, -0.15) is 0 Å². The van der Waals surface area contributed by atoms with Crippen LogP contribution in [0.15, 0.2) is 24.3 Å². The Morgan fingerprint density at radius 2 is 0.896 bits per heavy atom. The molecule has 0 atom stereocenters. The molecule has 0 heterocycles. The Bertz CT molecular complexity index is 1430. The van der Waals surface area contributed by atoms with Crippen molar-refractivity contribution in [2.24, 2.45) is 28.6 Å². The number of hydrogen-bond donors (Lipinski definition) is 0. The number of hydrogen-bond acceptors (Lipinski definition) is 14. The summed E-state index contributed by atoms with van der Waals surface area (Å²) >= 11 is 0. The van der Waals surface area contributed by atoms with Crippen molar-refractivity contribution < 1.29 is 61.9 Å². The minimum atomic E-state index is -1.49. The van der Waals surface area contributed by atoms with Gasteiger partial charge < -0.3 is 38.1 Å². The summed E-state index contributed by atoms with van der Waals surface area (Å²) in [6.07, 6.45) is 25.2. The highest BCUT2D eigenvalue weighted by atomic mass is 16.7. The van der Waals surface area contributed by atoms with Crippen LogP contribution in [0.3, 0.4) is 0 Å². The van der Waals surface area contributed by atoms with Gasteiger partial charge in [-0.1, -0.05) is 77.7 Å². The van der Waals surface area contributed by atoms with E-state index in [1.54, 1.807) is 0 Å². The van der Waals surface area contributed by atoms with Gasteiger partial charge in [0.1, 0.15) is 31.8 Å². The molecule has 0 aromatic rings. The largest absolute Gasteiger partial charge is 0.508 e. The number of allylic oxidation sites excluding steroid dienone is 2. The topological polar surface area (TPSA) is 170 Å². The van der Waals surface area contributed by atoms with Crippen molar-refractivity contribution in [2.75, 3.05) is 65.9 Å². The Morgan fingerprint density at radius 3 is 1.34 bits per heavy atom. The molecule has 0 aliphatic heterocycles. The third-order valence-corrected chi connectivity index (χ3v) is 13.4. The van der Waals surface area contributed by atoms with E-state index >= 15 is 0 Å². The SMILES string of the molecule is CCCCC/C=C\CCOC(=O)CCCC(=O)OCC(COC(=O)CCCC(=O)OCC/C=C\CCCCC)(COC(=O)CC12CC3CC(CC(C3)C1)C2)COC(=O)OCCCN(CC)CC. The van der Waals surface area contributed by atoms with E-state index in [2.05, 4.69) is 44.7 Å². The van der Waals surface area contributed by atoms with Crippen molar-refractivity contribution in [1.82, 2.24) is 4.90 Å². The molecule has 0 spiro atoms. The second-order valence-electron chi connectivity index (χ2n) is 19.5. The van der Waals surface area contributed by atoms with Gasteiger partial charge in [-0.05, 0) is 133 Å². The summed E-state index contributed by atoms with van der Waals surface area (Å²) in [7, 11) is 0. The fraction of sp³-hybridized carbons (Fsp3) is 0.811. The molecule has 0 aromatic heterocycles. The van der Waals surface area contributed by atoms with Crippen molar-refractivity contribution in [3.05, 3.63) is 24.3 Å². The van der Waals surface area contributed by atoms with E-state index in [9.17, 15) is 28.8 Å². The monoisotopic (exact) mass is 946 g/mol. The molecule has 4 aliphatic rings. The van der Waals surface area contributed by atoms with Crippen LogP contribution in [0.1, 0.15) is 182 Å². The van der Waals surface area contributed by atoms with Crippen molar-refractivity contribution in [3.8, 4) is 0 Å². The van der Waals surface area contributed by atoms with Gasteiger partial charge in [0.05, 0.1) is 26.2 Å². The molecule has 0 unspecified atom stereocenters. The van der Waals surface area contributed by atoms with Crippen LogP contribution >= 0.6 is 0 Å². The van der Waals surface area contributed by atoms with Gasteiger partial charge in [0.15, 0.2) is 0 Å². The van der Waals surface area contributed by atoms with Crippen LogP contribution in [0.5, 0.6) is 0 Å². The highest BCUT2D eigenvalue weighted by molar-refractivity contribution is 5.73. The zero-order valence-corrected chi connectivity index (χ0v) is 41.8. The van der Waals surface area contributed by atoms with Crippen LogP contribution in [0.2, 0.25) is 0 Å². The highest BCUT2D eigenvalue weighted by Gasteiger charge is 2.52. The fourth-order valence-electron chi connectivity index (χ4n) is 10.1. The maximum absolute atomic E-state index is 13.7. The molecule has 382 valence electrons. The number of unbranched alkanes of at least 4 members (excludes halogenated alkanes) is 6. The van der Waals surface area contributed by atoms with E-state index in [0.29, 0.717) is 37.0 Å². The third kappa shape index (κ3) is 24.8. The predicted molar refractivity (Wildman–Crippen MR) is 256 cm³/mol. The number of ether oxygens (including phenoxy) is 7. The number of rotatable bonds is 38. The van der Waals surface area contributed by atoms with Crippen LogP contribution in [-0.4, -0.2) is 107 Å². The van der Waals surface area contributed by atoms with Gasteiger partial charge in [0.2, 0.25) is 0 Å². The van der Waals surface area contributed by atoms with Gasteiger partial charge in [-0.3, -0.25) is 24.0 Å². The minimum Gasteiger partial charge on any atom is -0.465 e. The molecule has 4 bridgehead atoms. The van der Waals surface area contributed by atoms with Gasteiger partial charge in [0, 0.05) is 32.2 Å². The van der Waals surface area contributed by atoms with Crippen LogP contribution in [0.4, 0.5) is 4.79 Å². The second kappa shape index (κ2) is 33.5. The van der Waals surface area contributed by atoms with Crippen molar-refractivity contribution >= 4 is 36.0 Å². The normalized spacial score (nSPS) is 19.7. The Hall–Kier alpha value is -3.94. The van der Waals surface area contributed by atoms with E-state index in [1.807, 2.05) is 12.2 Å². The van der Waals surface area contributed by atoms with E-state index in [4.69, 9.17) is 33.2 Å². The summed E-state index contributed by atoms with van der Waals surface area (Å²) in [6, 6.07) is 0. The average molecular weight is 946 g/mol. The predicted octanol–water partition coefficient (Wildman–Crippen LogP) is 10.6. The molecular formula is C53H87NO13. The Morgan fingerprint density at radius 1 is 0.478 bits per heavy atom. The number of carbonyl (C=O) groups is 6. The Balaban J connectivity index is 1.63. The zero-order chi connectivity index (χ0) is 48.6. The smallest absolute Gasteiger partial charge is 0.465 e. The summed E-state index contributed by atoms with van der Waals surface area (Å²) in [4.78, 5) is 80.0. The van der Waals surface area contributed by atoms with Crippen molar-refractivity contribution in [2.45, 2.75) is 182 Å². The van der Waals surface area contributed by atoms with E-state index in [-0.39, 0.29) is 76.8 Å². The lowest BCUT2D eigenvalue weighted by molar-refractivity contribution is -0.168. The molecule has 0 radical (unpaired) electrons. The lowest BCUT2D eigenvalue weighted by Gasteiger charge is -2.56. The van der Waals surface area contributed by atoms with E-state index in [1.165, 1.54) is 32.1 Å². The van der Waals surface area contributed by atoms with Gasteiger partial charge in [-0.15, -0.1) is 0 Å². The highest BCUT2D eigenvalue weighted by Crippen LogP contribution is 2.61. The van der Waals surface area contributed by atoms with Crippen molar-refractivity contribution in [3.63, 3.8) is 0 Å². The minimum absolute atomic E-state index is 0.0208. The first kappa shape index (κ1) is 57.4. The standard InChI is InChI=1S/C53H87NO13/c1-5-9-11-13-15-17-19-29-61-46(55)24-21-26-48(57)64-39-53(42-67-51(60)63-31-23-28-54(7-3)8-4,41-66-50(59)38-52-35-43-32-44(36-52)34-45(33-43)37-52)40-65-49(58)27-22-25-47(56)62-30-20-18-16-14-12-10-6-2/h15-18,43-45H,5-14,19-42H2,1-4H3/b17-15-,18-16-. The molecule has 0 aromatic carbocycles. The zero-order valence-electron chi connectivity index (χ0n) is 41.8. The second-order valence-corrected chi connectivity index (χ2v) is 19.5. The van der Waals surface area contributed by atoms with Gasteiger partial charge >= 0.3 is 36.0 Å². The third-order valence-electron chi connectivity index (χ3n) is 13.4. The average Bonchev–Trinajstić information content (AvgIpc) is 3.29. The maximum atomic E-state index is 13.7. The summed E-state index contributed by atoms with van der Waals surface area (Å²) in [6.45, 7) is 9.87. The molecule has 0 N–H and O–H groups in total. The molecule has 4 aliphatic carbocycles. The fourth-order valence-corrected chi connectivity index (χ4v) is 10.1. The lowest BCUT2D eigenvalue weighted by atomic mass is 9.49. The first-order chi connectivity index (χ1) is 32.4. The molecule has 4 saturated carbocycles. The summed E-state index contributed by atoms with van der Waals surface area (Å²) in [5.74, 6) is -0.599. The molecular weight excluding hydrogens is 859 g/mol. The molecule has 4 fully saturated rings. The van der Waals surface area contributed by atoms with Crippen LogP contribution in [-0.2, 0) is 57.1 Å². The first-order valence-corrected chi connectivity index (χ1v) is 26.0. The number of esters is 5. The van der Waals surface area contributed by atoms with Crippen LogP contribution < -0.4 is 0 Å². The molecule has 67 heavy (non-hydrogen) atoms. The summed E-state index contributed by atoms with van der Waals surface area (Å²) in [5, 5.41) is 0. The van der Waals surface area contributed by atoms with E-state index < -0.39 is 61.2 Å². The van der Waals surface area contributed by atoms with Gasteiger partial charge in [0.25, 0.3) is 0 Å². The Labute approximate surface area is 402 Å². The van der Waals surface area contributed by atoms with E-state index in [0.717, 1.165) is 77.4 Å². The number of carbonyl (C=O) groups excluding carboxylic acids is 6. The Kier molecular flexibility index (Phi) is 28.7. The molecule has 0 amide bonds. The summed E-state index contributed by atoms with van der Waals surface area (Å²) in [5.41, 5.74) is -1.59. The summed E-state index contributed by atoms with van der Waals surface area (Å²) < 4.78 is 39.1. The molecule has 0 saturated heterocycles. The molecule has 14 heteroatoms. The van der Waals surface area contributed by atoms with Crippen molar-refractivity contribution in [1.29, 1.82) is 0 Å².